The molecule has 0 saturated carbocycles. The first-order valence-corrected chi connectivity index (χ1v) is 9.43. The third-order valence-corrected chi connectivity index (χ3v) is 6.08. The van der Waals surface area contributed by atoms with Crippen LogP contribution in [-0.4, -0.2) is 32.6 Å². The molecule has 112 valence electrons. The van der Waals surface area contributed by atoms with Gasteiger partial charge in [0.05, 0.1) is 16.3 Å². The standard InChI is InChI=1S/C15H22ClNO2S/c1-2-20(18,19)15-10-6-5-9-14(15)17-11-7-3-4-8-13(17)12-16/h5-6,9-10,13H,2-4,7-8,11-12H2,1H3. The molecule has 0 bridgehead atoms. The summed E-state index contributed by atoms with van der Waals surface area (Å²) in [5.74, 6) is 0.671. The van der Waals surface area contributed by atoms with E-state index in [1.165, 1.54) is 6.42 Å². The van der Waals surface area contributed by atoms with Crippen molar-refractivity contribution < 1.29 is 8.42 Å². The number of halogens is 1. The van der Waals surface area contributed by atoms with Gasteiger partial charge in [0.25, 0.3) is 0 Å². The molecule has 3 nitrogen and oxygen atoms in total. The van der Waals surface area contributed by atoms with Crippen molar-refractivity contribution in [1.82, 2.24) is 0 Å². The summed E-state index contributed by atoms with van der Waals surface area (Å²) in [7, 11) is -3.21. The van der Waals surface area contributed by atoms with Crippen molar-refractivity contribution in [3.8, 4) is 0 Å². The molecule has 0 aromatic heterocycles. The quantitative estimate of drug-likeness (QED) is 0.798. The molecule has 0 radical (unpaired) electrons. The SMILES string of the molecule is CCS(=O)(=O)c1ccccc1N1CCCCCC1CCl. The molecule has 1 unspecified atom stereocenters. The van der Waals surface area contributed by atoms with E-state index in [-0.39, 0.29) is 11.8 Å². The maximum atomic E-state index is 12.3. The second kappa shape index (κ2) is 6.81. The highest BCUT2D eigenvalue weighted by Gasteiger charge is 2.25. The van der Waals surface area contributed by atoms with Crippen LogP contribution in [0.5, 0.6) is 0 Å². The van der Waals surface area contributed by atoms with E-state index in [9.17, 15) is 8.42 Å². The first-order chi connectivity index (χ1) is 9.60. The van der Waals surface area contributed by atoms with Gasteiger partial charge in [0.1, 0.15) is 0 Å². The van der Waals surface area contributed by atoms with Crippen molar-refractivity contribution in [3.05, 3.63) is 24.3 Å². The highest BCUT2D eigenvalue weighted by Crippen LogP contribution is 2.31. The van der Waals surface area contributed by atoms with Crippen LogP contribution >= 0.6 is 11.6 Å². The maximum Gasteiger partial charge on any atom is 0.180 e. The molecule has 0 spiro atoms. The minimum atomic E-state index is -3.21. The van der Waals surface area contributed by atoms with Crippen molar-refractivity contribution in [2.45, 2.75) is 43.5 Å². The van der Waals surface area contributed by atoms with Crippen molar-refractivity contribution in [1.29, 1.82) is 0 Å². The number of benzene rings is 1. The van der Waals surface area contributed by atoms with Crippen molar-refractivity contribution in [3.63, 3.8) is 0 Å². The molecule has 1 saturated heterocycles. The number of hydrogen-bond acceptors (Lipinski definition) is 3. The Morgan fingerprint density at radius 3 is 2.70 bits per heavy atom. The van der Waals surface area contributed by atoms with Gasteiger partial charge in [-0.15, -0.1) is 11.6 Å². The Bertz CT molecular complexity index is 545. The number of sulfone groups is 1. The maximum absolute atomic E-state index is 12.3. The molecule has 0 aliphatic carbocycles. The van der Waals surface area contributed by atoms with Crippen molar-refractivity contribution >= 4 is 27.1 Å². The lowest BCUT2D eigenvalue weighted by Crippen LogP contribution is -2.37. The molecule has 1 fully saturated rings. The Balaban J connectivity index is 2.45. The zero-order chi connectivity index (χ0) is 14.6. The Morgan fingerprint density at radius 1 is 1.25 bits per heavy atom. The zero-order valence-corrected chi connectivity index (χ0v) is 13.5. The molecule has 2 rings (SSSR count). The van der Waals surface area contributed by atoms with E-state index in [1.807, 2.05) is 12.1 Å². The molecule has 1 aliphatic heterocycles. The average Bonchev–Trinajstić information content (AvgIpc) is 2.72. The number of alkyl halides is 1. The van der Waals surface area contributed by atoms with Crippen LogP contribution in [-0.2, 0) is 9.84 Å². The van der Waals surface area contributed by atoms with Crippen LogP contribution in [0.2, 0.25) is 0 Å². The Hall–Kier alpha value is -0.740. The lowest BCUT2D eigenvalue weighted by atomic mass is 10.1. The van der Waals surface area contributed by atoms with Gasteiger partial charge in [-0.3, -0.25) is 0 Å². The second-order valence-electron chi connectivity index (χ2n) is 5.22. The molecule has 1 heterocycles. The first kappa shape index (κ1) is 15.6. The predicted molar refractivity (Wildman–Crippen MR) is 84.5 cm³/mol. The zero-order valence-electron chi connectivity index (χ0n) is 11.9. The largest absolute Gasteiger partial charge is 0.366 e. The fourth-order valence-corrected chi connectivity index (χ4v) is 4.19. The smallest absolute Gasteiger partial charge is 0.180 e. The van der Waals surface area contributed by atoms with E-state index in [4.69, 9.17) is 11.6 Å². The molecule has 1 aliphatic rings. The van der Waals surface area contributed by atoms with E-state index in [1.54, 1.807) is 19.1 Å². The molecule has 1 aromatic carbocycles. The summed E-state index contributed by atoms with van der Waals surface area (Å²) in [6, 6.07) is 7.55. The lowest BCUT2D eigenvalue weighted by molar-refractivity contribution is 0.592. The number of para-hydroxylation sites is 1. The summed E-state index contributed by atoms with van der Waals surface area (Å²) >= 11 is 6.11. The topological polar surface area (TPSA) is 37.4 Å². The van der Waals surface area contributed by atoms with E-state index in [0.717, 1.165) is 31.5 Å². The number of anilines is 1. The minimum Gasteiger partial charge on any atom is -0.366 e. The van der Waals surface area contributed by atoms with Gasteiger partial charge in [-0.2, -0.15) is 0 Å². The summed E-state index contributed by atoms with van der Waals surface area (Å²) in [6.07, 6.45) is 4.47. The van der Waals surface area contributed by atoms with Gasteiger partial charge in [-0.25, -0.2) is 8.42 Å². The van der Waals surface area contributed by atoms with Gasteiger partial charge >= 0.3 is 0 Å². The van der Waals surface area contributed by atoms with Gasteiger partial charge in [0, 0.05) is 18.5 Å². The molecule has 1 atom stereocenters. The molecule has 1 aromatic rings. The fourth-order valence-electron chi connectivity index (χ4n) is 2.77. The summed E-state index contributed by atoms with van der Waals surface area (Å²) in [5, 5.41) is 0. The first-order valence-electron chi connectivity index (χ1n) is 7.24. The lowest BCUT2D eigenvalue weighted by Gasteiger charge is -2.32. The Kier molecular flexibility index (Phi) is 5.33. The van der Waals surface area contributed by atoms with Crippen LogP contribution in [0.15, 0.2) is 29.2 Å². The van der Waals surface area contributed by atoms with Gasteiger partial charge in [0.2, 0.25) is 0 Å². The van der Waals surface area contributed by atoms with Crippen LogP contribution in [0, 0.1) is 0 Å². The summed E-state index contributed by atoms with van der Waals surface area (Å²) in [5.41, 5.74) is 0.821. The van der Waals surface area contributed by atoms with E-state index < -0.39 is 9.84 Å². The van der Waals surface area contributed by atoms with Crippen molar-refractivity contribution in [2.75, 3.05) is 23.1 Å². The van der Waals surface area contributed by atoms with Crippen LogP contribution < -0.4 is 4.90 Å². The molecule has 0 N–H and O–H groups in total. The highest BCUT2D eigenvalue weighted by molar-refractivity contribution is 7.91. The summed E-state index contributed by atoms with van der Waals surface area (Å²) in [4.78, 5) is 2.64. The molecule has 5 heteroatoms. The van der Waals surface area contributed by atoms with Gasteiger partial charge < -0.3 is 4.90 Å². The van der Waals surface area contributed by atoms with E-state index >= 15 is 0 Å². The van der Waals surface area contributed by atoms with Crippen LogP contribution in [0.4, 0.5) is 5.69 Å². The molecule has 20 heavy (non-hydrogen) atoms. The Morgan fingerprint density at radius 2 is 2.00 bits per heavy atom. The highest BCUT2D eigenvalue weighted by atomic mass is 35.5. The van der Waals surface area contributed by atoms with Gasteiger partial charge in [-0.1, -0.05) is 31.9 Å². The average molecular weight is 316 g/mol. The number of nitrogens with zero attached hydrogens (tertiary/aromatic N) is 1. The van der Waals surface area contributed by atoms with Crippen LogP contribution in [0.1, 0.15) is 32.6 Å². The normalized spacial score (nSPS) is 20.7. The van der Waals surface area contributed by atoms with E-state index in [0.29, 0.717) is 10.8 Å². The van der Waals surface area contributed by atoms with Crippen molar-refractivity contribution in [2.24, 2.45) is 0 Å². The number of rotatable bonds is 4. The third-order valence-electron chi connectivity index (χ3n) is 3.95. The third kappa shape index (κ3) is 3.29. The molecular formula is C15H22ClNO2S. The van der Waals surface area contributed by atoms with Gasteiger partial charge in [0.15, 0.2) is 9.84 Å². The second-order valence-corrected chi connectivity index (χ2v) is 7.78. The van der Waals surface area contributed by atoms with Crippen LogP contribution in [0.25, 0.3) is 0 Å². The predicted octanol–water partition coefficient (Wildman–Crippen LogP) is 3.47. The number of hydrogen-bond donors (Lipinski definition) is 0. The monoisotopic (exact) mass is 315 g/mol. The Labute approximate surface area is 126 Å². The fraction of sp³-hybridized carbons (Fsp3) is 0.600. The minimum absolute atomic E-state index is 0.128. The van der Waals surface area contributed by atoms with Crippen LogP contribution in [0.3, 0.4) is 0 Å². The van der Waals surface area contributed by atoms with E-state index in [2.05, 4.69) is 4.90 Å². The summed E-state index contributed by atoms with van der Waals surface area (Å²) in [6.45, 7) is 2.57. The summed E-state index contributed by atoms with van der Waals surface area (Å²) < 4.78 is 24.6. The molecular weight excluding hydrogens is 294 g/mol. The molecule has 0 amide bonds. The van der Waals surface area contributed by atoms with Gasteiger partial charge in [-0.05, 0) is 25.0 Å².